The van der Waals surface area contributed by atoms with Crippen molar-refractivity contribution in [3.05, 3.63) is 96.3 Å². The van der Waals surface area contributed by atoms with Crippen LogP contribution in [-0.4, -0.2) is 26.7 Å². The molecule has 0 amide bonds. The van der Waals surface area contributed by atoms with Crippen molar-refractivity contribution in [3.8, 4) is 28.3 Å². The van der Waals surface area contributed by atoms with Gasteiger partial charge in [0.2, 0.25) is 0 Å². The van der Waals surface area contributed by atoms with E-state index in [1.54, 1.807) is 6.33 Å². The fourth-order valence-electron chi connectivity index (χ4n) is 4.76. The SMILES string of the molecule is O=C(O)C(CCn1cnc(-c2ccccc2)c1-c1ccccc1)Oc1cccc2c1CCCC2. The maximum absolute atomic E-state index is 12.1. The zero-order chi connectivity index (χ0) is 23.3. The van der Waals surface area contributed by atoms with Crippen molar-refractivity contribution in [2.24, 2.45) is 0 Å². The van der Waals surface area contributed by atoms with Gasteiger partial charge < -0.3 is 14.4 Å². The summed E-state index contributed by atoms with van der Waals surface area (Å²) < 4.78 is 8.14. The highest BCUT2D eigenvalue weighted by Crippen LogP contribution is 2.33. The quantitative estimate of drug-likeness (QED) is 0.355. The van der Waals surface area contributed by atoms with Gasteiger partial charge in [0.05, 0.1) is 17.7 Å². The van der Waals surface area contributed by atoms with Gasteiger partial charge in [-0.05, 0) is 42.9 Å². The topological polar surface area (TPSA) is 64.3 Å². The van der Waals surface area contributed by atoms with E-state index in [9.17, 15) is 9.90 Å². The molecule has 5 rings (SSSR count). The van der Waals surface area contributed by atoms with Gasteiger partial charge in [-0.2, -0.15) is 0 Å². The zero-order valence-electron chi connectivity index (χ0n) is 19.1. The second kappa shape index (κ2) is 9.96. The maximum Gasteiger partial charge on any atom is 0.344 e. The van der Waals surface area contributed by atoms with Crippen molar-refractivity contribution in [2.45, 2.75) is 44.8 Å². The maximum atomic E-state index is 12.1. The van der Waals surface area contributed by atoms with Crippen LogP contribution in [0.5, 0.6) is 5.75 Å². The van der Waals surface area contributed by atoms with E-state index in [0.717, 1.165) is 41.8 Å². The number of nitrogens with zero attached hydrogens (tertiary/aromatic N) is 2. The summed E-state index contributed by atoms with van der Waals surface area (Å²) in [6.45, 7) is 0.482. The van der Waals surface area contributed by atoms with Gasteiger partial charge in [0.15, 0.2) is 6.10 Å². The van der Waals surface area contributed by atoms with Crippen LogP contribution in [0.1, 0.15) is 30.4 Å². The van der Waals surface area contributed by atoms with E-state index in [4.69, 9.17) is 9.72 Å². The zero-order valence-corrected chi connectivity index (χ0v) is 19.1. The van der Waals surface area contributed by atoms with Crippen LogP contribution < -0.4 is 4.74 Å². The average Bonchev–Trinajstić information content (AvgIpc) is 3.31. The molecule has 1 aromatic heterocycles. The summed E-state index contributed by atoms with van der Waals surface area (Å²) in [5.74, 6) is -0.235. The number of aromatic nitrogens is 2. The number of carbonyl (C=O) groups is 1. The summed E-state index contributed by atoms with van der Waals surface area (Å²) >= 11 is 0. The van der Waals surface area contributed by atoms with Crippen LogP contribution in [0, 0.1) is 0 Å². The number of hydrogen-bond acceptors (Lipinski definition) is 3. The lowest BCUT2D eigenvalue weighted by molar-refractivity contribution is -0.145. The first-order chi connectivity index (χ1) is 16.7. The Morgan fingerprint density at radius 2 is 1.62 bits per heavy atom. The largest absolute Gasteiger partial charge is 0.479 e. The van der Waals surface area contributed by atoms with Crippen LogP contribution in [0.15, 0.2) is 85.2 Å². The molecule has 1 unspecified atom stereocenters. The molecular weight excluding hydrogens is 424 g/mol. The summed E-state index contributed by atoms with van der Waals surface area (Å²) in [5.41, 5.74) is 6.39. The number of rotatable bonds is 8. The number of imidazole rings is 1. The molecule has 0 radical (unpaired) electrons. The molecular formula is C29H28N2O3. The first-order valence-electron chi connectivity index (χ1n) is 11.9. The van der Waals surface area contributed by atoms with Crippen molar-refractivity contribution in [3.63, 3.8) is 0 Å². The number of carboxylic acid groups (broad SMARTS) is 1. The van der Waals surface area contributed by atoms with Crippen LogP contribution in [0.25, 0.3) is 22.5 Å². The van der Waals surface area contributed by atoms with Crippen LogP contribution in [0.2, 0.25) is 0 Å². The van der Waals surface area contributed by atoms with Gasteiger partial charge in [0.25, 0.3) is 0 Å². The minimum atomic E-state index is -0.946. The average molecular weight is 453 g/mol. The summed E-state index contributed by atoms with van der Waals surface area (Å²) in [6.07, 6.45) is 5.46. The molecule has 5 nitrogen and oxygen atoms in total. The van der Waals surface area contributed by atoms with Crippen LogP contribution in [0.3, 0.4) is 0 Å². The van der Waals surface area contributed by atoms with Gasteiger partial charge in [0.1, 0.15) is 5.75 Å². The minimum absolute atomic E-state index is 0.337. The lowest BCUT2D eigenvalue weighted by atomic mass is 9.91. The Kier molecular flexibility index (Phi) is 6.43. The van der Waals surface area contributed by atoms with Crippen molar-refractivity contribution < 1.29 is 14.6 Å². The Morgan fingerprint density at radius 3 is 2.35 bits per heavy atom. The van der Waals surface area contributed by atoms with Gasteiger partial charge >= 0.3 is 5.97 Å². The second-order valence-electron chi connectivity index (χ2n) is 8.70. The highest BCUT2D eigenvalue weighted by Gasteiger charge is 2.24. The van der Waals surface area contributed by atoms with E-state index < -0.39 is 12.1 Å². The number of hydrogen-bond donors (Lipinski definition) is 1. The highest BCUT2D eigenvalue weighted by atomic mass is 16.5. The monoisotopic (exact) mass is 452 g/mol. The highest BCUT2D eigenvalue weighted by molar-refractivity contribution is 5.78. The minimum Gasteiger partial charge on any atom is -0.479 e. The third-order valence-corrected chi connectivity index (χ3v) is 6.46. The first kappa shape index (κ1) is 22.0. The lowest BCUT2D eigenvalue weighted by Crippen LogP contribution is -2.29. The molecule has 0 aliphatic heterocycles. The molecule has 3 aromatic carbocycles. The number of ether oxygens (including phenoxy) is 1. The van der Waals surface area contributed by atoms with Gasteiger partial charge in [-0.1, -0.05) is 72.8 Å². The van der Waals surface area contributed by atoms with Gasteiger partial charge in [-0.25, -0.2) is 9.78 Å². The Balaban J connectivity index is 1.42. The molecule has 1 aliphatic rings. The summed E-state index contributed by atoms with van der Waals surface area (Å²) in [4.78, 5) is 16.8. The molecule has 1 atom stereocenters. The normalized spacial score (nSPS) is 13.8. The van der Waals surface area contributed by atoms with Crippen molar-refractivity contribution in [2.75, 3.05) is 0 Å². The number of carboxylic acids is 1. The third-order valence-electron chi connectivity index (χ3n) is 6.46. The van der Waals surface area contributed by atoms with E-state index in [1.165, 1.54) is 17.5 Å². The van der Waals surface area contributed by atoms with Gasteiger partial charge in [-0.15, -0.1) is 0 Å². The van der Waals surface area contributed by atoms with E-state index in [0.29, 0.717) is 18.7 Å². The summed E-state index contributed by atoms with van der Waals surface area (Å²) in [5, 5.41) is 9.94. The predicted octanol–water partition coefficient (Wildman–Crippen LogP) is 6.02. The molecule has 0 bridgehead atoms. The standard InChI is InChI=1S/C29H28N2O3/c32-29(33)26(34-25-17-9-15-21-10-7-8-16-24(21)25)18-19-31-20-30-27(22-11-3-1-4-12-22)28(31)23-13-5-2-6-14-23/h1-6,9,11-15,17,20,26H,7-8,10,16,18-19H2,(H,32,33). The Bertz CT molecular complexity index is 1270. The van der Waals surface area contributed by atoms with Gasteiger partial charge in [-0.3, -0.25) is 0 Å². The van der Waals surface area contributed by atoms with E-state index in [2.05, 4.69) is 18.2 Å². The lowest BCUT2D eigenvalue weighted by Gasteiger charge is -2.22. The van der Waals surface area contributed by atoms with Crippen LogP contribution in [0.4, 0.5) is 0 Å². The Hall–Kier alpha value is -3.86. The molecule has 4 aromatic rings. The Morgan fingerprint density at radius 1 is 0.912 bits per heavy atom. The van der Waals surface area contributed by atoms with Crippen LogP contribution >= 0.6 is 0 Å². The van der Waals surface area contributed by atoms with Crippen molar-refractivity contribution >= 4 is 5.97 Å². The Labute approximate surface area is 199 Å². The molecule has 1 aliphatic carbocycles. The third kappa shape index (κ3) is 4.60. The number of benzene rings is 3. The molecule has 0 spiro atoms. The fraction of sp³-hybridized carbons (Fsp3) is 0.241. The molecule has 0 saturated heterocycles. The molecule has 34 heavy (non-hydrogen) atoms. The predicted molar refractivity (Wildman–Crippen MR) is 133 cm³/mol. The first-order valence-corrected chi connectivity index (χ1v) is 11.9. The summed E-state index contributed by atoms with van der Waals surface area (Å²) in [6, 6.07) is 26.2. The molecule has 0 fully saturated rings. The second-order valence-corrected chi connectivity index (χ2v) is 8.70. The van der Waals surface area contributed by atoms with E-state index in [-0.39, 0.29) is 0 Å². The number of fused-ring (bicyclic) bond motifs is 1. The van der Waals surface area contributed by atoms with E-state index in [1.807, 2.05) is 65.2 Å². The molecule has 1 N–H and O–H groups in total. The molecule has 1 heterocycles. The molecule has 172 valence electrons. The smallest absolute Gasteiger partial charge is 0.344 e. The van der Waals surface area contributed by atoms with Crippen molar-refractivity contribution in [1.29, 1.82) is 0 Å². The van der Waals surface area contributed by atoms with Gasteiger partial charge in [0, 0.05) is 24.1 Å². The summed E-state index contributed by atoms with van der Waals surface area (Å²) in [7, 11) is 0. The number of aliphatic carboxylic acids is 1. The molecule has 5 heteroatoms. The van der Waals surface area contributed by atoms with E-state index >= 15 is 0 Å². The fourth-order valence-corrected chi connectivity index (χ4v) is 4.76. The van der Waals surface area contributed by atoms with Crippen LogP contribution in [-0.2, 0) is 24.2 Å². The number of aryl methyl sites for hydroxylation is 2. The van der Waals surface area contributed by atoms with Crippen molar-refractivity contribution in [1.82, 2.24) is 9.55 Å². The molecule has 0 saturated carbocycles.